The normalized spacial score (nSPS) is 15.4. The lowest BCUT2D eigenvalue weighted by Gasteiger charge is -2.17. The summed E-state index contributed by atoms with van der Waals surface area (Å²) in [5.74, 6) is -0.419. The lowest BCUT2D eigenvalue weighted by atomic mass is 9.90. The summed E-state index contributed by atoms with van der Waals surface area (Å²) in [6.07, 6.45) is -1.69. The first-order valence-electron chi connectivity index (χ1n) is 8.28. The smallest absolute Gasteiger partial charge is 0.376 e. The number of hydrogen-bond acceptors (Lipinski definition) is 3. The number of rotatable bonds is 4. The number of amides is 1. The number of alkyl halides is 3. The molecule has 0 atom stereocenters. The Labute approximate surface area is 149 Å². The van der Waals surface area contributed by atoms with Crippen molar-refractivity contribution in [1.29, 1.82) is 0 Å². The van der Waals surface area contributed by atoms with Gasteiger partial charge in [0.15, 0.2) is 0 Å². The number of nitrogens with one attached hydrogen (secondary N) is 2. The SMILES string of the molecule is O=C(CNc1cccc(C(F)(F)F)c1)N/N=C1/CCCc2ccccc21. The van der Waals surface area contributed by atoms with Crippen LogP contribution in [0.25, 0.3) is 0 Å². The van der Waals surface area contributed by atoms with Gasteiger partial charge in [-0.05, 0) is 43.0 Å². The predicted octanol–water partition coefficient (Wildman–Crippen LogP) is 3.97. The Hall–Kier alpha value is -2.83. The number of aryl methyl sites for hydroxylation is 1. The maximum atomic E-state index is 12.7. The molecular formula is C19H18F3N3O. The average Bonchev–Trinajstić information content (AvgIpc) is 2.64. The summed E-state index contributed by atoms with van der Waals surface area (Å²) >= 11 is 0. The first kappa shape index (κ1) is 18.0. The predicted molar refractivity (Wildman–Crippen MR) is 94.0 cm³/mol. The standard InChI is InChI=1S/C19H18F3N3O/c20-19(21,22)14-7-4-8-15(11-14)23-12-18(26)25-24-17-10-3-6-13-5-1-2-9-16(13)17/h1-2,4-5,7-9,11,23H,3,6,10,12H2,(H,25,26)/b24-17-. The summed E-state index contributed by atoms with van der Waals surface area (Å²) in [7, 11) is 0. The Balaban J connectivity index is 1.59. The molecule has 0 fully saturated rings. The number of carbonyl (C=O) groups is 1. The van der Waals surface area contributed by atoms with Gasteiger partial charge in [0.1, 0.15) is 0 Å². The van der Waals surface area contributed by atoms with Crippen molar-refractivity contribution < 1.29 is 18.0 Å². The van der Waals surface area contributed by atoms with Crippen LogP contribution < -0.4 is 10.7 Å². The van der Waals surface area contributed by atoms with E-state index in [2.05, 4.69) is 15.8 Å². The van der Waals surface area contributed by atoms with E-state index in [4.69, 9.17) is 0 Å². The van der Waals surface area contributed by atoms with Gasteiger partial charge in [-0.3, -0.25) is 4.79 Å². The highest BCUT2D eigenvalue weighted by Crippen LogP contribution is 2.30. The van der Waals surface area contributed by atoms with E-state index in [1.165, 1.54) is 17.7 Å². The summed E-state index contributed by atoms with van der Waals surface area (Å²) < 4.78 is 38.1. The number of halogens is 3. The Morgan fingerprint density at radius 1 is 1.08 bits per heavy atom. The van der Waals surface area contributed by atoms with Crippen LogP contribution in [-0.4, -0.2) is 18.2 Å². The zero-order valence-corrected chi connectivity index (χ0v) is 13.9. The minimum atomic E-state index is -4.42. The van der Waals surface area contributed by atoms with Crippen molar-refractivity contribution in [2.45, 2.75) is 25.4 Å². The molecule has 2 aromatic rings. The van der Waals surface area contributed by atoms with E-state index in [0.717, 1.165) is 42.7 Å². The molecule has 1 amide bonds. The third kappa shape index (κ3) is 4.41. The minimum absolute atomic E-state index is 0.167. The maximum Gasteiger partial charge on any atom is 0.416 e. The molecule has 7 heteroatoms. The first-order valence-corrected chi connectivity index (χ1v) is 8.28. The molecule has 0 saturated carbocycles. The van der Waals surface area contributed by atoms with E-state index in [1.807, 2.05) is 24.3 Å². The molecule has 0 radical (unpaired) electrons. The summed E-state index contributed by atoms with van der Waals surface area (Å²) in [6, 6.07) is 12.6. The van der Waals surface area contributed by atoms with Gasteiger partial charge in [-0.2, -0.15) is 18.3 Å². The van der Waals surface area contributed by atoms with Crippen LogP contribution in [0, 0.1) is 0 Å². The van der Waals surface area contributed by atoms with Crippen LogP contribution in [-0.2, 0) is 17.4 Å². The largest absolute Gasteiger partial charge is 0.416 e. The molecule has 2 aromatic carbocycles. The Kier molecular flexibility index (Phi) is 5.25. The van der Waals surface area contributed by atoms with Gasteiger partial charge in [-0.1, -0.05) is 30.3 Å². The summed E-state index contributed by atoms with van der Waals surface area (Å²) in [5, 5.41) is 6.87. The monoisotopic (exact) mass is 361 g/mol. The lowest BCUT2D eigenvalue weighted by molar-refractivity contribution is -0.137. The number of hydrazone groups is 1. The summed E-state index contributed by atoms with van der Waals surface area (Å²) in [6.45, 7) is -0.167. The number of hydrogen-bond donors (Lipinski definition) is 2. The van der Waals surface area contributed by atoms with Crippen LogP contribution in [0.3, 0.4) is 0 Å². The van der Waals surface area contributed by atoms with Crippen LogP contribution in [0.4, 0.5) is 18.9 Å². The number of benzene rings is 2. The van der Waals surface area contributed by atoms with E-state index < -0.39 is 17.6 Å². The zero-order valence-electron chi connectivity index (χ0n) is 13.9. The quantitative estimate of drug-likeness (QED) is 0.810. The fourth-order valence-electron chi connectivity index (χ4n) is 2.87. The minimum Gasteiger partial charge on any atom is -0.376 e. The molecule has 26 heavy (non-hydrogen) atoms. The number of carbonyl (C=O) groups excluding carboxylic acids is 1. The third-order valence-corrected chi connectivity index (χ3v) is 4.15. The van der Waals surface area contributed by atoms with Crippen molar-refractivity contribution in [3.8, 4) is 0 Å². The van der Waals surface area contributed by atoms with Crippen molar-refractivity contribution in [1.82, 2.24) is 5.43 Å². The highest BCUT2D eigenvalue weighted by Gasteiger charge is 2.30. The van der Waals surface area contributed by atoms with Crippen molar-refractivity contribution >= 4 is 17.3 Å². The third-order valence-electron chi connectivity index (χ3n) is 4.15. The Morgan fingerprint density at radius 2 is 1.88 bits per heavy atom. The molecule has 3 rings (SSSR count). The van der Waals surface area contributed by atoms with Crippen molar-refractivity contribution in [3.05, 3.63) is 65.2 Å². The van der Waals surface area contributed by atoms with Gasteiger partial charge in [0, 0.05) is 11.3 Å². The van der Waals surface area contributed by atoms with Gasteiger partial charge < -0.3 is 5.32 Å². The Morgan fingerprint density at radius 3 is 2.69 bits per heavy atom. The van der Waals surface area contributed by atoms with Gasteiger partial charge >= 0.3 is 6.18 Å². The van der Waals surface area contributed by atoms with E-state index in [-0.39, 0.29) is 12.2 Å². The molecule has 0 heterocycles. The Bertz CT molecular complexity index is 831. The molecule has 1 aliphatic rings. The van der Waals surface area contributed by atoms with Crippen molar-refractivity contribution in [3.63, 3.8) is 0 Å². The molecule has 4 nitrogen and oxygen atoms in total. The van der Waals surface area contributed by atoms with Gasteiger partial charge in [0.25, 0.3) is 5.91 Å². The first-order chi connectivity index (χ1) is 12.4. The van der Waals surface area contributed by atoms with Crippen LogP contribution in [0.5, 0.6) is 0 Å². The highest BCUT2D eigenvalue weighted by atomic mass is 19.4. The molecule has 0 unspecified atom stereocenters. The van der Waals surface area contributed by atoms with E-state index in [9.17, 15) is 18.0 Å². The second-order valence-electron chi connectivity index (χ2n) is 6.04. The topological polar surface area (TPSA) is 53.5 Å². The summed E-state index contributed by atoms with van der Waals surface area (Å²) in [4.78, 5) is 11.9. The summed E-state index contributed by atoms with van der Waals surface area (Å²) in [5.41, 5.74) is 4.99. The second kappa shape index (κ2) is 7.59. The van der Waals surface area contributed by atoms with E-state index in [1.54, 1.807) is 0 Å². The molecule has 0 saturated heterocycles. The second-order valence-corrected chi connectivity index (χ2v) is 6.04. The molecule has 0 spiro atoms. The maximum absolute atomic E-state index is 12.7. The van der Waals surface area contributed by atoms with Crippen LogP contribution in [0.1, 0.15) is 29.5 Å². The molecular weight excluding hydrogens is 343 g/mol. The van der Waals surface area contributed by atoms with Gasteiger partial charge in [0.05, 0.1) is 17.8 Å². The molecule has 1 aliphatic carbocycles. The molecule has 136 valence electrons. The van der Waals surface area contributed by atoms with Crippen LogP contribution in [0.15, 0.2) is 53.6 Å². The number of fused-ring (bicyclic) bond motifs is 1. The zero-order chi connectivity index (χ0) is 18.6. The van der Waals surface area contributed by atoms with E-state index >= 15 is 0 Å². The average molecular weight is 361 g/mol. The van der Waals surface area contributed by atoms with Crippen LogP contribution >= 0.6 is 0 Å². The molecule has 2 N–H and O–H groups in total. The number of nitrogens with zero attached hydrogens (tertiary/aromatic N) is 1. The number of anilines is 1. The van der Waals surface area contributed by atoms with Crippen molar-refractivity contribution in [2.24, 2.45) is 5.10 Å². The highest BCUT2D eigenvalue weighted by molar-refractivity contribution is 6.03. The fourth-order valence-corrected chi connectivity index (χ4v) is 2.87. The van der Waals surface area contributed by atoms with Gasteiger partial charge in [0.2, 0.25) is 0 Å². The van der Waals surface area contributed by atoms with Crippen LogP contribution in [0.2, 0.25) is 0 Å². The van der Waals surface area contributed by atoms with Gasteiger partial charge in [-0.25, -0.2) is 5.43 Å². The van der Waals surface area contributed by atoms with Crippen molar-refractivity contribution in [2.75, 3.05) is 11.9 Å². The lowest BCUT2D eigenvalue weighted by Crippen LogP contribution is -2.28. The van der Waals surface area contributed by atoms with Gasteiger partial charge in [-0.15, -0.1) is 0 Å². The fraction of sp³-hybridized carbons (Fsp3) is 0.263. The van der Waals surface area contributed by atoms with E-state index in [0.29, 0.717) is 0 Å². The molecule has 0 aliphatic heterocycles. The molecule has 0 bridgehead atoms. The molecule has 0 aromatic heterocycles.